The highest BCUT2D eigenvalue weighted by molar-refractivity contribution is 4.86. The Balaban J connectivity index is 2.34. The van der Waals surface area contributed by atoms with Crippen LogP contribution in [0.3, 0.4) is 0 Å². The fourth-order valence-electron chi connectivity index (χ4n) is 2.54. The van der Waals surface area contributed by atoms with Crippen molar-refractivity contribution in [3.8, 4) is 0 Å². The van der Waals surface area contributed by atoms with Crippen molar-refractivity contribution in [3.05, 3.63) is 0 Å². The lowest BCUT2D eigenvalue weighted by molar-refractivity contribution is 0.183. The van der Waals surface area contributed by atoms with E-state index in [0.29, 0.717) is 5.41 Å². The van der Waals surface area contributed by atoms with Crippen LogP contribution in [-0.4, -0.2) is 26.2 Å². The number of hydrogen-bond donors (Lipinski definition) is 2. The highest BCUT2D eigenvalue weighted by Crippen LogP contribution is 2.30. The maximum absolute atomic E-state index is 3.59. The number of piperidine rings is 1. The van der Waals surface area contributed by atoms with E-state index in [1.54, 1.807) is 0 Å². The van der Waals surface area contributed by atoms with E-state index < -0.39 is 0 Å². The molecule has 1 saturated heterocycles. The lowest BCUT2D eigenvalue weighted by Gasteiger charge is -2.38. The van der Waals surface area contributed by atoms with E-state index in [0.717, 1.165) is 0 Å². The van der Waals surface area contributed by atoms with Crippen molar-refractivity contribution in [2.45, 2.75) is 46.0 Å². The highest BCUT2D eigenvalue weighted by atomic mass is 14.9. The molecule has 0 radical (unpaired) electrons. The number of rotatable bonds is 6. The molecule has 2 heteroatoms. The van der Waals surface area contributed by atoms with E-state index in [2.05, 4.69) is 24.5 Å². The molecule has 1 fully saturated rings. The van der Waals surface area contributed by atoms with Crippen molar-refractivity contribution in [2.75, 3.05) is 26.2 Å². The molecular weight excluding hydrogens is 172 g/mol. The van der Waals surface area contributed by atoms with Crippen LogP contribution in [0.15, 0.2) is 0 Å². The van der Waals surface area contributed by atoms with Gasteiger partial charge in [-0.1, -0.05) is 20.3 Å². The summed E-state index contributed by atoms with van der Waals surface area (Å²) in [7, 11) is 0. The average molecular weight is 198 g/mol. The Bertz CT molecular complexity index is 134. The zero-order chi connectivity index (χ0) is 10.3. The van der Waals surface area contributed by atoms with Crippen molar-refractivity contribution in [3.63, 3.8) is 0 Å². The summed E-state index contributed by atoms with van der Waals surface area (Å²) in [6.07, 6.45) is 6.69. The molecule has 0 amide bonds. The standard InChI is InChI=1S/C12H26N2/c1-3-6-12(10-13-8-4-2)7-5-9-14-11-12/h13-14H,3-11H2,1-2H3. The molecule has 0 bridgehead atoms. The molecule has 0 spiro atoms. The van der Waals surface area contributed by atoms with E-state index in [9.17, 15) is 0 Å². The molecule has 1 atom stereocenters. The van der Waals surface area contributed by atoms with Crippen LogP contribution in [0.1, 0.15) is 46.0 Å². The predicted octanol–water partition coefficient (Wildman–Crippen LogP) is 2.16. The van der Waals surface area contributed by atoms with Crippen molar-refractivity contribution >= 4 is 0 Å². The van der Waals surface area contributed by atoms with Crippen LogP contribution >= 0.6 is 0 Å². The summed E-state index contributed by atoms with van der Waals surface area (Å²) in [5.41, 5.74) is 0.558. The molecule has 0 aromatic heterocycles. The molecule has 0 aliphatic carbocycles. The van der Waals surface area contributed by atoms with Crippen LogP contribution in [0.25, 0.3) is 0 Å². The van der Waals surface area contributed by atoms with Crippen LogP contribution in [-0.2, 0) is 0 Å². The smallest absolute Gasteiger partial charge is 0.00200 e. The topological polar surface area (TPSA) is 24.1 Å². The second-order valence-electron chi connectivity index (χ2n) is 4.71. The van der Waals surface area contributed by atoms with Gasteiger partial charge in [-0.25, -0.2) is 0 Å². The Morgan fingerprint density at radius 2 is 2.14 bits per heavy atom. The molecule has 14 heavy (non-hydrogen) atoms. The molecule has 0 aromatic carbocycles. The second kappa shape index (κ2) is 6.41. The Hall–Kier alpha value is -0.0800. The molecule has 84 valence electrons. The van der Waals surface area contributed by atoms with Crippen molar-refractivity contribution < 1.29 is 0 Å². The summed E-state index contributed by atoms with van der Waals surface area (Å²) in [6.45, 7) is 9.36. The van der Waals surface area contributed by atoms with Gasteiger partial charge in [-0.2, -0.15) is 0 Å². The van der Waals surface area contributed by atoms with E-state index in [1.165, 1.54) is 58.3 Å². The third-order valence-electron chi connectivity index (χ3n) is 3.27. The van der Waals surface area contributed by atoms with Gasteiger partial charge in [0.2, 0.25) is 0 Å². The van der Waals surface area contributed by atoms with Gasteiger partial charge in [-0.3, -0.25) is 0 Å². The van der Waals surface area contributed by atoms with Gasteiger partial charge in [-0.15, -0.1) is 0 Å². The summed E-state index contributed by atoms with van der Waals surface area (Å²) in [4.78, 5) is 0. The average Bonchev–Trinajstić information content (AvgIpc) is 2.20. The van der Waals surface area contributed by atoms with Gasteiger partial charge in [0, 0.05) is 13.1 Å². The first-order chi connectivity index (χ1) is 6.83. The fraction of sp³-hybridized carbons (Fsp3) is 1.00. The quantitative estimate of drug-likeness (QED) is 0.639. The Morgan fingerprint density at radius 3 is 2.71 bits per heavy atom. The Morgan fingerprint density at radius 1 is 1.29 bits per heavy atom. The normalized spacial score (nSPS) is 27.9. The van der Waals surface area contributed by atoms with Gasteiger partial charge in [0.25, 0.3) is 0 Å². The molecule has 1 aliphatic heterocycles. The van der Waals surface area contributed by atoms with Gasteiger partial charge in [0.05, 0.1) is 0 Å². The summed E-state index contributed by atoms with van der Waals surface area (Å²) in [5.74, 6) is 0. The third-order valence-corrected chi connectivity index (χ3v) is 3.27. The minimum absolute atomic E-state index is 0.558. The maximum Gasteiger partial charge on any atom is 0.00200 e. The van der Waals surface area contributed by atoms with Crippen LogP contribution in [0, 0.1) is 5.41 Å². The molecule has 1 heterocycles. The molecule has 1 unspecified atom stereocenters. The maximum atomic E-state index is 3.59. The minimum atomic E-state index is 0.558. The predicted molar refractivity (Wildman–Crippen MR) is 62.6 cm³/mol. The summed E-state index contributed by atoms with van der Waals surface area (Å²) < 4.78 is 0. The van der Waals surface area contributed by atoms with E-state index >= 15 is 0 Å². The van der Waals surface area contributed by atoms with Crippen LogP contribution < -0.4 is 10.6 Å². The molecule has 1 rings (SSSR count). The Kier molecular flexibility index (Phi) is 5.49. The summed E-state index contributed by atoms with van der Waals surface area (Å²) in [6, 6.07) is 0. The summed E-state index contributed by atoms with van der Waals surface area (Å²) >= 11 is 0. The van der Waals surface area contributed by atoms with Crippen molar-refractivity contribution in [1.82, 2.24) is 10.6 Å². The van der Waals surface area contributed by atoms with E-state index in [-0.39, 0.29) is 0 Å². The molecule has 1 aliphatic rings. The third kappa shape index (κ3) is 3.58. The summed E-state index contributed by atoms with van der Waals surface area (Å²) in [5, 5.41) is 7.14. The fourth-order valence-corrected chi connectivity index (χ4v) is 2.54. The zero-order valence-corrected chi connectivity index (χ0v) is 9.86. The zero-order valence-electron chi connectivity index (χ0n) is 9.86. The Labute approximate surface area is 88.8 Å². The van der Waals surface area contributed by atoms with Crippen molar-refractivity contribution in [2.24, 2.45) is 5.41 Å². The highest BCUT2D eigenvalue weighted by Gasteiger charge is 2.30. The minimum Gasteiger partial charge on any atom is -0.316 e. The van der Waals surface area contributed by atoms with Gasteiger partial charge in [-0.05, 0) is 44.2 Å². The molecular formula is C12H26N2. The first kappa shape index (κ1) is 12.0. The van der Waals surface area contributed by atoms with Crippen LogP contribution in [0.5, 0.6) is 0 Å². The first-order valence-electron chi connectivity index (χ1n) is 6.24. The first-order valence-corrected chi connectivity index (χ1v) is 6.24. The lowest BCUT2D eigenvalue weighted by Crippen LogP contribution is -2.46. The van der Waals surface area contributed by atoms with Crippen molar-refractivity contribution in [1.29, 1.82) is 0 Å². The molecule has 0 aromatic rings. The van der Waals surface area contributed by atoms with Gasteiger partial charge >= 0.3 is 0 Å². The van der Waals surface area contributed by atoms with E-state index in [1.807, 2.05) is 0 Å². The molecule has 2 N–H and O–H groups in total. The van der Waals surface area contributed by atoms with Gasteiger partial charge in [0.15, 0.2) is 0 Å². The van der Waals surface area contributed by atoms with Crippen LogP contribution in [0.2, 0.25) is 0 Å². The van der Waals surface area contributed by atoms with Crippen LogP contribution in [0.4, 0.5) is 0 Å². The number of hydrogen-bond acceptors (Lipinski definition) is 2. The lowest BCUT2D eigenvalue weighted by atomic mass is 9.77. The SMILES string of the molecule is CCCNCC1(CCC)CCCNC1. The molecule has 0 saturated carbocycles. The number of nitrogens with one attached hydrogen (secondary N) is 2. The monoisotopic (exact) mass is 198 g/mol. The van der Waals surface area contributed by atoms with Gasteiger partial charge < -0.3 is 10.6 Å². The second-order valence-corrected chi connectivity index (χ2v) is 4.71. The molecule has 2 nitrogen and oxygen atoms in total. The van der Waals surface area contributed by atoms with Gasteiger partial charge in [0.1, 0.15) is 0 Å². The largest absolute Gasteiger partial charge is 0.316 e. The van der Waals surface area contributed by atoms with E-state index in [4.69, 9.17) is 0 Å².